The molecule has 0 atom stereocenters. The number of alkyl halides is 2. The van der Waals surface area contributed by atoms with Crippen molar-refractivity contribution in [1.82, 2.24) is 4.90 Å². The highest BCUT2D eigenvalue weighted by atomic mass is 35.5. The molecule has 0 radical (unpaired) electrons. The van der Waals surface area contributed by atoms with E-state index in [2.05, 4.69) is 10.1 Å². The molecule has 0 bridgehead atoms. The van der Waals surface area contributed by atoms with Crippen molar-refractivity contribution >= 4 is 23.2 Å². The topological polar surface area (TPSA) is 60.0 Å². The average molecular weight is 443 g/mol. The molecule has 164 valence electrons. The number of rotatable bonds is 11. The van der Waals surface area contributed by atoms with E-state index in [0.717, 1.165) is 5.56 Å². The smallest absolute Gasteiger partial charge is 0.387 e. The number of halogens is 3. The summed E-state index contributed by atoms with van der Waals surface area (Å²) < 4.78 is 40.1. The second-order valence-corrected chi connectivity index (χ2v) is 6.91. The molecule has 0 aliphatic carbocycles. The Hall–Kier alpha value is -2.58. The van der Waals surface area contributed by atoms with E-state index in [1.165, 1.54) is 13.2 Å². The monoisotopic (exact) mass is 442 g/mol. The molecule has 1 amide bonds. The summed E-state index contributed by atoms with van der Waals surface area (Å²) in [4.78, 5) is 14.2. The fourth-order valence-corrected chi connectivity index (χ4v) is 2.96. The highest BCUT2D eigenvalue weighted by molar-refractivity contribution is 6.31. The van der Waals surface area contributed by atoms with Crippen LogP contribution in [-0.4, -0.2) is 44.7 Å². The number of anilines is 1. The van der Waals surface area contributed by atoms with Crippen LogP contribution in [0.3, 0.4) is 0 Å². The van der Waals surface area contributed by atoms with E-state index in [1.54, 1.807) is 37.3 Å². The van der Waals surface area contributed by atoms with Gasteiger partial charge in [-0.25, -0.2) is 0 Å². The molecule has 1 N–H and O–H groups in total. The lowest BCUT2D eigenvalue weighted by atomic mass is 10.2. The Morgan fingerprint density at radius 3 is 2.57 bits per heavy atom. The predicted octanol–water partition coefficient (Wildman–Crippen LogP) is 4.81. The number of carbonyl (C=O) groups is 1. The first-order chi connectivity index (χ1) is 14.3. The van der Waals surface area contributed by atoms with Crippen molar-refractivity contribution in [3.63, 3.8) is 0 Å². The molecule has 0 saturated carbocycles. The fourth-order valence-electron chi connectivity index (χ4n) is 2.79. The number of amides is 1. The molecule has 6 nitrogen and oxygen atoms in total. The Bertz CT molecular complexity index is 852. The molecule has 0 fully saturated rings. The maximum absolute atomic E-state index is 12.5. The maximum atomic E-state index is 12.5. The first-order valence-electron chi connectivity index (χ1n) is 9.34. The summed E-state index contributed by atoms with van der Waals surface area (Å²) in [6.07, 6.45) is 0.247. The molecule has 0 aliphatic rings. The molecule has 0 saturated heterocycles. The summed E-state index contributed by atoms with van der Waals surface area (Å²) in [5.74, 6) is 0.594. The standard InChI is InChI=1S/C21H25ClF2N2O4/c1-4-29-19-11-14(5-7-18(19)30-21(23)24)13-26(2)10-9-20(27)25-16-12-15(22)6-8-17(16)28-3/h5-8,11-12,21H,4,9-10,13H2,1-3H3,(H,25,27). The van der Waals surface area contributed by atoms with Crippen molar-refractivity contribution in [3.8, 4) is 17.2 Å². The van der Waals surface area contributed by atoms with Crippen molar-refractivity contribution in [2.75, 3.05) is 32.6 Å². The Morgan fingerprint density at radius 1 is 1.17 bits per heavy atom. The van der Waals surface area contributed by atoms with Gasteiger partial charge in [0.05, 0.1) is 19.4 Å². The van der Waals surface area contributed by atoms with Gasteiger partial charge in [0.2, 0.25) is 5.91 Å². The van der Waals surface area contributed by atoms with E-state index in [-0.39, 0.29) is 23.8 Å². The molecule has 2 aromatic rings. The molecule has 9 heteroatoms. The zero-order chi connectivity index (χ0) is 22.1. The number of nitrogens with one attached hydrogen (secondary N) is 1. The third-order valence-electron chi connectivity index (χ3n) is 4.13. The third kappa shape index (κ3) is 7.35. The molecule has 0 unspecified atom stereocenters. The third-order valence-corrected chi connectivity index (χ3v) is 4.37. The average Bonchev–Trinajstić information content (AvgIpc) is 2.68. The van der Waals surface area contributed by atoms with E-state index in [0.29, 0.717) is 36.2 Å². The van der Waals surface area contributed by atoms with Gasteiger partial charge in [-0.1, -0.05) is 17.7 Å². The van der Waals surface area contributed by atoms with Crippen LogP contribution in [0, 0.1) is 0 Å². The van der Waals surface area contributed by atoms with Crippen LogP contribution >= 0.6 is 11.6 Å². The van der Waals surface area contributed by atoms with Crippen molar-refractivity contribution < 1.29 is 27.8 Å². The van der Waals surface area contributed by atoms with Crippen molar-refractivity contribution in [3.05, 3.63) is 47.0 Å². The lowest BCUT2D eigenvalue weighted by Gasteiger charge is -2.18. The number of hydrogen-bond donors (Lipinski definition) is 1. The van der Waals surface area contributed by atoms with Crippen LogP contribution in [0.25, 0.3) is 0 Å². The van der Waals surface area contributed by atoms with E-state index < -0.39 is 6.61 Å². The van der Waals surface area contributed by atoms with Crippen LogP contribution < -0.4 is 19.5 Å². The van der Waals surface area contributed by atoms with E-state index >= 15 is 0 Å². The summed E-state index contributed by atoms with van der Waals surface area (Å²) >= 11 is 5.97. The summed E-state index contributed by atoms with van der Waals surface area (Å²) in [6.45, 7) is 0.149. The second-order valence-electron chi connectivity index (χ2n) is 6.47. The normalized spacial score (nSPS) is 10.9. The number of ether oxygens (including phenoxy) is 3. The number of carbonyl (C=O) groups excluding carboxylic acids is 1. The van der Waals surface area contributed by atoms with E-state index in [9.17, 15) is 13.6 Å². The van der Waals surface area contributed by atoms with Gasteiger partial charge in [0, 0.05) is 24.5 Å². The number of nitrogens with zero attached hydrogens (tertiary/aromatic N) is 1. The number of hydrogen-bond acceptors (Lipinski definition) is 5. The fraction of sp³-hybridized carbons (Fsp3) is 0.381. The molecule has 0 aliphatic heterocycles. The van der Waals surface area contributed by atoms with E-state index in [4.69, 9.17) is 21.1 Å². The van der Waals surface area contributed by atoms with Gasteiger partial charge in [0.1, 0.15) is 5.75 Å². The summed E-state index contributed by atoms with van der Waals surface area (Å²) in [5, 5.41) is 3.28. The minimum Gasteiger partial charge on any atom is -0.495 e. The lowest BCUT2D eigenvalue weighted by molar-refractivity contribution is -0.116. The van der Waals surface area contributed by atoms with Crippen molar-refractivity contribution in [1.29, 1.82) is 0 Å². The Balaban J connectivity index is 1.92. The van der Waals surface area contributed by atoms with Crippen molar-refractivity contribution in [2.24, 2.45) is 0 Å². The van der Waals surface area contributed by atoms with Crippen LogP contribution in [0.1, 0.15) is 18.9 Å². The van der Waals surface area contributed by atoms with Crippen LogP contribution in [0.4, 0.5) is 14.5 Å². The van der Waals surface area contributed by atoms with Gasteiger partial charge < -0.3 is 24.4 Å². The first kappa shape index (κ1) is 23.7. The molecule has 2 aromatic carbocycles. The molecular formula is C21H25ClF2N2O4. The molecular weight excluding hydrogens is 418 g/mol. The zero-order valence-corrected chi connectivity index (χ0v) is 17.8. The van der Waals surface area contributed by atoms with Gasteiger partial charge in [0.25, 0.3) is 0 Å². The first-order valence-corrected chi connectivity index (χ1v) is 9.72. The van der Waals surface area contributed by atoms with Gasteiger partial charge in [-0.05, 0) is 49.9 Å². The summed E-state index contributed by atoms with van der Waals surface area (Å²) in [7, 11) is 3.37. The lowest BCUT2D eigenvalue weighted by Crippen LogP contribution is -2.24. The predicted molar refractivity (Wildman–Crippen MR) is 112 cm³/mol. The molecule has 2 rings (SSSR count). The number of benzene rings is 2. The minimum absolute atomic E-state index is 0.00639. The SMILES string of the molecule is CCOc1cc(CN(C)CCC(=O)Nc2cc(Cl)ccc2OC)ccc1OC(F)F. The van der Waals surface area contributed by atoms with Gasteiger partial charge in [-0.2, -0.15) is 8.78 Å². The van der Waals surface area contributed by atoms with Gasteiger partial charge in [-0.15, -0.1) is 0 Å². The molecule has 0 heterocycles. The largest absolute Gasteiger partial charge is 0.495 e. The maximum Gasteiger partial charge on any atom is 0.387 e. The van der Waals surface area contributed by atoms with Gasteiger partial charge in [0.15, 0.2) is 11.5 Å². The molecule has 0 aromatic heterocycles. The van der Waals surface area contributed by atoms with Crippen LogP contribution in [0.2, 0.25) is 5.02 Å². The Kier molecular flexibility index (Phi) is 9.14. The summed E-state index contributed by atoms with van der Waals surface area (Å²) in [6, 6.07) is 9.79. The molecule has 0 spiro atoms. The highest BCUT2D eigenvalue weighted by Crippen LogP contribution is 2.30. The van der Waals surface area contributed by atoms with Gasteiger partial charge >= 0.3 is 6.61 Å². The van der Waals surface area contributed by atoms with E-state index in [1.807, 2.05) is 11.9 Å². The van der Waals surface area contributed by atoms with Crippen molar-refractivity contribution in [2.45, 2.75) is 26.5 Å². The highest BCUT2D eigenvalue weighted by Gasteiger charge is 2.13. The van der Waals surface area contributed by atoms with Gasteiger partial charge in [-0.3, -0.25) is 4.79 Å². The van der Waals surface area contributed by atoms with Crippen LogP contribution in [-0.2, 0) is 11.3 Å². The second kappa shape index (κ2) is 11.6. The molecule has 30 heavy (non-hydrogen) atoms. The zero-order valence-electron chi connectivity index (χ0n) is 17.1. The Morgan fingerprint density at radius 2 is 1.90 bits per heavy atom. The van der Waals surface area contributed by atoms with Crippen LogP contribution in [0.5, 0.6) is 17.2 Å². The number of methoxy groups -OCH3 is 1. The Labute approximate surface area is 179 Å². The quantitative estimate of drug-likeness (QED) is 0.541. The minimum atomic E-state index is -2.92. The summed E-state index contributed by atoms with van der Waals surface area (Å²) in [5.41, 5.74) is 1.35. The van der Waals surface area contributed by atoms with Crippen LogP contribution in [0.15, 0.2) is 36.4 Å².